The van der Waals surface area contributed by atoms with Gasteiger partial charge in [0, 0.05) is 19.5 Å². The molecule has 1 atom stereocenters. The molecule has 0 aromatic carbocycles. The van der Waals surface area contributed by atoms with E-state index in [9.17, 15) is 4.79 Å². The van der Waals surface area contributed by atoms with Gasteiger partial charge >= 0.3 is 0 Å². The van der Waals surface area contributed by atoms with Gasteiger partial charge in [-0.05, 0) is 6.42 Å². The van der Waals surface area contributed by atoms with E-state index in [-0.39, 0.29) is 11.9 Å². The van der Waals surface area contributed by atoms with Crippen molar-refractivity contribution in [2.24, 2.45) is 0 Å². The fourth-order valence-electron chi connectivity index (χ4n) is 2.16. The third kappa shape index (κ3) is 2.49. The van der Waals surface area contributed by atoms with E-state index in [2.05, 4.69) is 43.0 Å². The molecule has 0 bridgehead atoms. The Labute approximate surface area is 115 Å². The lowest BCUT2D eigenvalue weighted by atomic mass is 10.2. The first-order chi connectivity index (χ1) is 9.76. The highest BCUT2D eigenvalue weighted by Crippen LogP contribution is 2.21. The van der Waals surface area contributed by atoms with E-state index in [0.29, 0.717) is 30.4 Å². The van der Waals surface area contributed by atoms with Crippen molar-refractivity contribution < 1.29 is 4.79 Å². The Bertz CT molecular complexity index is 623. The zero-order chi connectivity index (χ0) is 13.9. The number of fused-ring (bicyclic) bond motifs is 1. The number of carbonyl (C=O) groups excluding carboxylic acids is 1. The average molecular weight is 275 g/mol. The molecule has 1 amide bonds. The number of anilines is 2. The molecule has 8 nitrogen and oxygen atoms in total. The zero-order valence-electron chi connectivity index (χ0n) is 11.2. The van der Waals surface area contributed by atoms with Crippen LogP contribution in [0.25, 0.3) is 11.0 Å². The molecular weight excluding hydrogens is 258 g/mol. The first kappa shape index (κ1) is 12.6. The third-order valence-corrected chi connectivity index (χ3v) is 3.16. The van der Waals surface area contributed by atoms with Gasteiger partial charge in [0.1, 0.15) is 5.82 Å². The van der Waals surface area contributed by atoms with Gasteiger partial charge in [-0.2, -0.15) is 15.1 Å². The summed E-state index contributed by atoms with van der Waals surface area (Å²) in [7, 11) is 0. The summed E-state index contributed by atoms with van der Waals surface area (Å²) in [5.74, 6) is 1.32. The number of carbonyl (C=O) groups is 1. The van der Waals surface area contributed by atoms with Crippen molar-refractivity contribution in [2.45, 2.75) is 25.8 Å². The highest BCUT2D eigenvalue weighted by molar-refractivity contribution is 5.88. The Kier molecular flexibility index (Phi) is 3.36. The van der Waals surface area contributed by atoms with E-state index < -0.39 is 0 Å². The topological polar surface area (TPSA) is 108 Å². The second kappa shape index (κ2) is 5.32. The largest absolute Gasteiger partial charge is 0.364 e. The fraction of sp³-hybridized carbons (Fsp3) is 0.500. The Morgan fingerprint density at radius 2 is 2.35 bits per heavy atom. The lowest BCUT2D eigenvalue weighted by molar-refractivity contribution is -0.119. The summed E-state index contributed by atoms with van der Waals surface area (Å²) in [5, 5.41) is 16.9. The molecule has 2 aromatic heterocycles. The summed E-state index contributed by atoms with van der Waals surface area (Å²) in [6.45, 7) is 3.50. The summed E-state index contributed by atoms with van der Waals surface area (Å²) in [4.78, 5) is 20.1. The average Bonchev–Trinajstić information content (AvgIpc) is 3.05. The summed E-state index contributed by atoms with van der Waals surface area (Å²) >= 11 is 0. The Hall–Kier alpha value is -2.38. The quantitative estimate of drug-likeness (QED) is 0.632. The molecule has 1 unspecified atom stereocenters. The fourth-order valence-corrected chi connectivity index (χ4v) is 2.16. The smallest absolute Gasteiger partial charge is 0.226 e. The lowest BCUT2D eigenvalue weighted by Crippen LogP contribution is -2.23. The van der Waals surface area contributed by atoms with Gasteiger partial charge in [-0.1, -0.05) is 6.92 Å². The van der Waals surface area contributed by atoms with Crippen LogP contribution in [0.3, 0.4) is 0 Å². The molecule has 3 heterocycles. The summed E-state index contributed by atoms with van der Waals surface area (Å²) < 4.78 is 0. The minimum atomic E-state index is 0.0505. The number of hydrogen-bond donors (Lipinski definition) is 4. The van der Waals surface area contributed by atoms with Crippen molar-refractivity contribution in [3.05, 3.63) is 6.20 Å². The minimum absolute atomic E-state index is 0.0505. The highest BCUT2D eigenvalue weighted by atomic mass is 16.1. The molecule has 1 aliphatic rings. The molecule has 0 aliphatic carbocycles. The molecule has 0 radical (unpaired) electrons. The van der Waals surface area contributed by atoms with Gasteiger partial charge in [-0.3, -0.25) is 9.89 Å². The van der Waals surface area contributed by atoms with E-state index in [1.54, 1.807) is 6.20 Å². The number of hydrogen-bond acceptors (Lipinski definition) is 6. The van der Waals surface area contributed by atoms with Crippen LogP contribution >= 0.6 is 0 Å². The minimum Gasteiger partial charge on any atom is -0.364 e. The van der Waals surface area contributed by atoms with Gasteiger partial charge in [-0.15, -0.1) is 0 Å². The first-order valence-corrected chi connectivity index (χ1v) is 6.74. The third-order valence-electron chi connectivity index (χ3n) is 3.16. The maximum absolute atomic E-state index is 11.3. The molecule has 1 aliphatic heterocycles. The predicted octanol–water partition coefficient (Wildman–Crippen LogP) is 0.475. The number of nitrogens with zero attached hydrogens (tertiary/aromatic N) is 3. The van der Waals surface area contributed by atoms with Gasteiger partial charge in [-0.25, -0.2) is 0 Å². The molecule has 1 saturated heterocycles. The van der Waals surface area contributed by atoms with Crippen molar-refractivity contribution >= 4 is 28.7 Å². The number of amides is 1. The summed E-state index contributed by atoms with van der Waals surface area (Å²) in [6, 6.07) is 0.0505. The van der Waals surface area contributed by atoms with Crippen LogP contribution in [0.4, 0.5) is 11.8 Å². The van der Waals surface area contributed by atoms with Crippen molar-refractivity contribution in [2.75, 3.05) is 23.7 Å². The van der Waals surface area contributed by atoms with E-state index in [0.717, 1.165) is 18.4 Å². The van der Waals surface area contributed by atoms with Crippen LogP contribution in [0.2, 0.25) is 0 Å². The van der Waals surface area contributed by atoms with Crippen molar-refractivity contribution in [1.82, 2.24) is 25.5 Å². The lowest BCUT2D eigenvalue weighted by Gasteiger charge is -2.13. The monoisotopic (exact) mass is 275 g/mol. The van der Waals surface area contributed by atoms with Crippen LogP contribution in [-0.2, 0) is 4.79 Å². The van der Waals surface area contributed by atoms with Crippen molar-refractivity contribution in [3.8, 4) is 0 Å². The molecule has 106 valence electrons. The zero-order valence-corrected chi connectivity index (χ0v) is 11.2. The number of H-pyrrole nitrogens is 1. The van der Waals surface area contributed by atoms with Crippen molar-refractivity contribution in [3.63, 3.8) is 0 Å². The predicted molar refractivity (Wildman–Crippen MR) is 75.5 cm³/mol. The van der Waals surface area contributed by atoms with Crippen LogP contribution in [-0.4, -0.2) is 45.2 Å². The standard InChI is InChI=1S/C12H17N7O/c1-2-3-13-12-17-10(8-6-15-19-11(8)18-12)16-7-4-9(20)14-5-7/h6-7H,2-5H2,1H3,(H,14,20)(H3,13,15,16,17,18,19). The molecule has 3 rings (SSSR count). The van der Waals surface area contributed by atoms with Crippen LogP contribution < -0.4 is 16.0 Å². The van der Waals surface area contributed by atoms with E-state index in [4.69, 9.17) is 0 Å². The first-order valence-electron chi connectivity index (χ1n) is 6.74. The van der Waals surface area contributed by atoms with Gasteiger partial charge < -0.3 is 16.0 Å². The van der Waals surface area contributed by atoms with Crippen LogP contribution in [0, 0.1) is 0 Å². The summed E-state index contributed by atoms with van der Waals surface area (Å²) in [6.07, 6.45) is 3.14. The van der Waals surface area contributed by atoms with E-state index >= 15 is 0 Å². The van der Waals surface area contributed by atoms with Crippen LogP contribution in [0.15, 0.2) is 6.20 Å². The molecule has 8 heteroatoms. The Balaban J connectivity index is 1.87. The molecular formula is C12H17N7O. The number of aromatic amines is 1. The maximum atomic E-state index is 11.3. The SMILES string of the molecule is CCCNc1nc(NC2CNC(=O)C2)c2cn[nH]c2n1. The molecule has 0 saturated carbocycles. The van der Waals surface area contributed by atoms with E-state index in [1.807, 2.05) is 0 Å². The number of nitrogens with one attached hydrogen (secondary N) is 4. The van der Waals surface area contributed by atoms with Gasteiger partial charge in [0.2, 0.25) is 11.9 Å². The molecule has 20 heavy (non-hydrogen) atoms. The number of rotatable bonds is 5. The van der Waals surface area contributed by atoms with Crippen LogP contribution in [0.1, 0.15) is 19.8 Å². The normalized spacial score (nSPS) is 18.2. The second-order valence-corrected chi connectivity index (χ2v) is 4.80. The van der Waals surface area contributed by atoms with Gasteiger partial charge in [0.25, 0.3) is 0 Å². The molecule has 1 fully saturated rings. The Morgan fingerprint density at radius 3 is 3.10 bits per heavy atom. The van der Waals surface area contributed by atoms with Crippen molar-refractivity contribution in [1.29, 1.82) is 0 Å². The second-order valence-electron chi connectivity index (χ2n) is 4.80. The van der Waals surface area contributed by atoms with Gasteiger partial charge in [0.05, 0.1) is 17.6 Å². The Morgan fingerprint density at radius 1 is 1.45 bits per heavy atom. The van der Waals surface area contributed by atoms with E-state index in [1.165, 1.54) is 0 Å². The highest BCUT2D eigenvalue weighted by Gasteiger charge is 2.22. The summed E-state index contributed by atoms with van der Waals surface area (Å²) in [5.41, 5.74) is 0.679. The van der Waals surface area contributed by atoms with Gasteiger partial charge in [0.15, 0.2) is 5.65 Å². The molecule has 0 spiro atoms. The molecule has 2 aromatic rings. The maximum Gasteiger partial charge on any atom is 0.226 e. The van der Waals surface area contributed by atoms with Crippen LogP contribution in [0.5, 0.6) is 0 Å². The molecule has 4 N–H and O–H groups in total. The number of aromatic nitrogens is 4.